The number of rotatable bonds is 6. The van der Waals surface area contributed by atoms with E-state index in [0.717, 1.165) is 0 Å². The molecule has 1 aliphatic rings. The molecule has 0 aromatic heterocycles. The second kappa shape index (κ2) is 7.61. The zero-order valence-electron chi connectivity index (χ0n) is 14.0. The Bertz CT molecular complexity index is 739. The van der Waals surface area contributed by atoms with Crippen LogP contribution in [-0.4, -0.2) is 35.0 Å². The Balaban J connectivity index is 2.47. The molecule has 0 bridgehead atoms. The third kappa shape index (κ3) is 3.68. The molecule has 1 heterocycles. The van der Waals surface area contributed by atoms with Crippen molar-refractivity contribution in [3.8, 4) is 0 Å². The van der Waals surface area contributed by atoms with Gasteiger partial charge in [-0.05, 0) is 31.5 Å². The van der Waals surface area contributed by atoms with Crippen molar-refractivity contribution in [3.63, 3.8) is 0 Å². The predicted molar refractivity (Wildman–Crippen MR) is 90.6 cm³/mol. The summed E-state index contributed by atoms with van der Waals surface area (Å²) in [5, 5.41) is 13.6. The van der Waals surface area contributed by atoms with Crippen LogP contribution in [0.3, 0.4) is 0 Å². The molecule has 25 heavy (non-hydrogen) atoms. The lowest BCUT2D eigenvalue weighted by molar-refractivity contribution is -0.384. The number of nitro groups is 1. The van der Waals surface area contributed by atoms with E-state index in [0.29, 0.717) is 17.8 Å². The number of hydrogen-bond acceptors (Lipinski definition) is 5. The van der Waals surface area contributed by atoms with Gasteiger partial charge in [-0.1, -0.05) is 12.7 Å². The second-order valence-electron chi connectivity index (χ2n) is 5.36. The monoisotopic (exact) mass is 345 g/mol. The van der Waals surface area contributed by atoms with E-state index in [4.69, 9.17) is 4.74 Å². The standard InChI is InChI=1S/C17H19N3O5/c1-4-10-25-16(21)14-11(3)19(5-2)17(22)18-15(14)12-6-8-13(9-7-12)20(23)24/h4,6-9,15H,1,5,10H2,2-3H3,(H,18,22)/t15-/m1/s1. The number of non-ortho nitro benzene ring substituents is 1. The number of allylic oxidation sites excluding steroid dienone is 1. The van der Waals surface area contributed by atoms with Crippen LogP contribution in [0.1, 0.15) is 25.5 Å². The van der Waals surface area contributed by atoms with Crippen molar-refractivity contribution in [2.24, 2.45) is 0 Å². The first-order valence-electron chi connectivity index (χ1n) is 7.71. The summed E-state index contributed by atoms with van der Waals surface area (Å²) in [6.45, 7) is 7.41. The van der Waals surface area contributed by atoms with Crippen LogP contribution in [-0.2, 0) is 9.53 Å². The zero-order chi connectivity index (χ0) is 18.6. The number of nitro benzene ring substituents is 1. The van der Waals surface area contributed by atoms with Crippen LogP contribution >= 0.6 is 0 Å². The number of nitrogens with one attached hydrogen (secondary N) is 1. The van der Waals surface area contributed by atoms with Gasteiger partial charge in [0.2, 0.25) is 0 Å². The fraction of sp³-hybridized carbons (Fsp3) is 0.294. The Morgan fingerprint density at radius 1 is 1.44 bits per heavy atom. The molecule has 0 saturated heterocycles. The minimum atomic E-state index is -0.742. The first-order chi connectivity index (χ1) is 11.9. The smallest absolute Gasteiger partial charge is 0.338 e. The fourth-order valence-corrected chi connectivity index (χ4v) is 2.68. The number of amides is 2. The Morgan fingerprint density at radius 3 is 2.60 bits per heavy atom. The van der Waals surface area contributed by atoms with Crippen molar-refractivity contribution in [2.75, 3.05) is 13.2 Å². The van der Waals surface area contributed by atoms with Gasteiger partial charge in [-0.2, -0.15) is 0 Å². The summed E-state index contributed by atoms with van der Waals surface area (Å²) in [4.78, 5) is 36.5. The van der Waals surface area contributed by atoms with E-state index < -0.39 is 16.9 Å². The van der Waals surface area contributed by atoms with Crippen LogP contribution in [0.25, 0.3) is 0 Å². The lowest BCUT2D eigenvalue weighted by Gasteiger charge is -2.34. The third-order valence-electron chi connectivity index (χ3n) is 3.90. The van der Waals surface area contributed by atoms with Gasteiger partial charge in [0.25, 0.3) is 5.69 Å². The highest BCUT2D eigenvalue weighted by Gasteiger charge is 2.35. The number of nitrogens with zero attached hydrogens (tertiary/aromatic N) is 2. The maximum atomic E-state index is 12.5. The Labute approximate surface area is 144 Å². The molecule has 1 aromatic rings. The first-order valence-corrected chi connectivity index (χ1v) is 7.71. The van der Waals surface area contributed by atoms with E-state index in [-0.39, 0.29) is 23.9 Å². The maximum Gasteiger partial charge on any atom is 0.338 e. The highest BCUT2D eigenvalue weighted by atomic mass is 16.6. The van der Waals surface area contributed by atoms with Crippen molar-refractivity contribution in [2.45, 2.75) is 19.9 Å². The van der Waals surface area contributed by atoms with Crippen molar-refractivity contribution in [1.82, 2.24) is 10.2 Å². The van der Waals surface area contributed by atoms with E-state index in [2.05, 4.69) is 11.9 Å². The van der Waals surface area contributed by atoms with E-state index in [1.807, 2.05) is 0 Å². The molecule has 0 aliphatic carbocycles. The summed E-state index contributed by atoms with van der Waals surface area (Å²) in [6, 6.07) is 4.60. The van der Waals surface area contributed by atoms with Crippen molar-refractivity contribution in [1.29, 1.82) is 0 Å². The molecular formula is C17H19N3O5. The van der Waals surface area contributed by atoms with Gasteiger partial charge >= 0.3 is 12.0 Å². The number of esters is 1. The molecule has 8 nitrogen and oxygen atoms in total. The minimum Gasteiger partial charge on any atom is -0.458 e. The number of ether oxygens (including phenoxy) is 1. The molecule has 2 rings (SSSR count). The van der Waals surface area contributed by atoms with Gasteiger partial charge in [0.15, 0.2) is 0 Å². The molecule has 0 fully saturated rings. The fourth-order valence-electron chi connectivity index (χ4n) is 2.68. The molecule has 1 atom stereocenters. The average Bonchev–Trinajstić information content (AvgIpc) is 2.59. The van der Waals surface area contributed by atoms with E-state index in [9.17, 15) is 19.7 Å². The van der Waals surface area contributed by atoms with E-state index in [1.54, 1.807) is 13.8 Å². The number of carbonyl (C=O) groups is 2. The Hall–Kier alpha value is -3.16. The van der Waals surface area contributed by atoms with Gasteiger partial charge in [0.1, 0.15) is 6.61 Å². The molecule has 0 unspecified atom stereocenters. The average molecular weight is 345 g/mol. The molecule has 2 amide bonds. The van der Waals surface area contributed by atoms with Gasteiger partial charge in [0, 0.05) is 24.4 Å². The topological polar surface area (TPSA) is 102 Å². The SMILES string of the molecule is C=CCOC(=O)C1=C(C)N(CC)C(=O)N[C@@H]1c1ccc([N+](=O)[O-])cc1. The largest absolute Gasteiger partial charge is 0.458 e. The van der Waals surface area contributed by atoms with Gasteiger partial charge < -0.3 is 10.1 Å². The minimum absolute atomic E-state index is 0.0443. The van der Waals surface area contributed by atoms with Gasteiger partial charge in [0.05, 0.1) is 16.5 Å². The molecule has 0 radical (unpaired) electrons. The predicted octanol–water partition coefficient (Wildman–Crippen LogP) is 2.68. The highest BCUT2D eigenvalue weighted by Crippen LogP contribution is 2.32. The van der Waals surface area contributed by atoms with Crippen LogP contribution in [0.2, 0.25) is 0 Å². The van der Waals surface area contributed by atoms with Gasteiger partial charge in [-0.3, -0.25) is 15.0 Å². The Kier molecular flexibility index (Phi) is 5.53. The zero-order valence-corrected chi connectivity index (χ0v) is 14.0. The molecule has 132 valence electrons. The first kappa shape index (κ1) is 18.2. The van der Waals surface area contributed by atoms with Crippen molar-refractivity contribution in [3.05, 3.63) is 63.9 Å². The molecule has 0 saturated carbocycles. The quantitative estimate of drug-likeness (QED) is 0.370. The summed E-state index contributed by atoms with van der Waals surface area (Å²) in [6.07, 6.45) is 1.45. The molecule has 8 heteroatoms. The summed E-state index contributed by atoms with van der Waals surface area (Å²) in [5.74, 6) is -0.570. The number of hydrogen-bond donors (Lipinski definition) is 1. The molecule has 1 aromatic carbocycles. The lowest BCUT2D eigenvalue weighted by Crippen LogP contribution is -2.47. The van der Waals surface area contributed by atoms with Crippen LogP contribution in [0, 0.1) is 10.1 Å². The van der Waals surface area contributed by atoms with Gasteiger partial charge in [-0.25, -0.2) is 9.59 Å². The summed E-state index contributed by atoms with van der Waals surface area (Å²) in [5.41, 5.74) is 1.26. The van der Waals surface area contributed by atoms with Crippen LogP contribution in [0.15, 0.2) is 48.2 Å². The summed E-state index contributed by atoms with van der Waals surface area (Å²) >= 11 is 0. The molecule has 1 N–H and O–H groups in total. The highest BCUT2D eigenvalue weighted by molar-refractivity contribution is 5.95. The normalized spacial score (nSPS) is 17.1. The molecular weight excluding hydrogens is 326 g/mol. The van der Waals surface area contributed by atoms with Crippen molar-refractivity contribution < 1.29 is 19.2 Å². The number of urea groups is 1. The summed E-state index contributed by atoms with van der Waals surface area (Å²) in [7, 11) is 0. The lowest BCUT2D eigenvalue weighted by atomic mass is 9.94. The third-order valence-corrected chi connectivity index (χ3v) is 3.90. The molecule has 0 spiro atoms. The summed E-state index contributed by atoms with van der Waals surface area (Å²) < 4.78 is 5.14. The van der Waals surface area contributed by atoms with Crippen LogP contribution < -0.4 is 5.32 Å². The van der Waals surface area contributed by atoms with E-state index >= 15 is 0 Å². The Morgan fingerprint density at radius 2 is 2.08 bits per heavy atom. The van der Waals surface area contributed by atoms with E-state index in [1.165, 1.54) is 35.2 Å². The number of benzene rings is 1. The van der Waals surface area contributed by atoms with Gasteiger partial charge in [-0.15, -0.1) is 0 Å². The van der Waals surface area contributed by atoms with Crippen LogP contribution in [0.4, 0.5) is 10.5 Å². The molecule has 1 aliphatic heterocycles. The second-order valence-corrected chi connectivity index (χ2v) is 5.36. The van der Waals surface area contributed by atoms with Crippen molar-refractivity contribution >= 4 is 17.7 Å². The maximum absolute atomic E-state index is 12.5. The van der Waals surface area contributed by atoms with Crippen LogP contribution in [0.5, 0.6) is 0 Å². The number of carbonyl (C=O) groups excluding carboxylic acids is 2.